The molecule has 100 valence electrons. The van der Waals surface area contributed by atoms with Crippen molar-refractivity contribution in [2.75, 3.05) is 13.2 Å². The van der Waals surface area contributed by atoms with E-state index in [1.807, 2.05) is 0 Å². The topological polar surface area (TPSA) is 21.3 Å². The summed E-state index contributed by atoms with van der Waals surface area (Å²) in [4.78, 5) is 0. The van der Waals surface area contributed by atoms with Crippen LogP contribution < -0.4 is 5.32 Å². The van der Waals surface area contributed by atoms with Crippen molar-refractivity contribution in [2.24, 2.45) is 17.3 Å². The minimum Gasteiger partial charge on any atom is -0.376 e. The lowest BCUT2D eigenvalue weighted by Crippen LogP contribution is -2.47. The van der Waals surface area contributed by atoms with Gasteiger partial charge in [0.15, 0.2) is 0 Å². The molecular formula is C15H29NO. The summed E-state index contributed by atoms with van der Waals surface area (Å²) in [6.45, 7) is 11.5. The first-order valence-electron chi connectivity index (χ1n) is 7.38. The number of rotatable bonds is 2. The third-order valence-corrected chi connectivity index (χ3v) is 5.13. The fourth-order valence-corrected chi connectivity index (χ4v) is 3.25. The van der Waals surface area contributed by atoms with E-state index in [0.717, 1.165) is 19.1 Å². The molecule has 0 aromatic heterocycles. The molecule has 17 heavy (non-hydrogen) atoms. The molecule has 1 saturated carbocycles. The standard InChI is InChI=1S/C15H29NO/c1-5-15(3,4)12-6-7-14-13(8-12)16-9-11(2)10-17-14/h11-14,16H,5-10H2,1-4H3. The van der Waals surface area contributed by atoms with Gasteiger partial charge in [0.1, 0.15) is 0 Å². The largest absolute Gasteiger partial charge is 0.376 e. The Morgan fingerprint density at radius 3 is 2.76 bits per heavy atom. The molecule has 2 rings (SSSR count). The highest BCUT2D eigenvalue weighted by Crippen LogP contribution is 2.41. The molecule has 2 aliphatic rings. The maximum Gasteiger partial charge on any atom is 0.0728 e. The van der Waals surface area contributed by atoms with Gasteiger partial charge in [-0.2, -0.15) is 0 Å². The van der Waals surface area contributed by atoms with E-state index in [1.165, 1.54) is 25.7 Å². The first-order chi connectivity index (χ1) is 8.03. The quantitative estimate of drug-likeness (QED) is 0.799. The zero-order chi connectivity index (χ0) is 12.5. The molecular weight excluding hydrogens is 210 g/mol. The molecule has 0 aromatic rings. The number of fused-ring (bicyclic) bond motifs is 1. The Morgan fingerprint density at radius 2 is 2.06 bits per heavy atom. The van der Waals surface area contributed by atoms with Crippen LogP contribution in [0.3, 0.4) is 0 Å². The molecule has 1 aliphatic heterocycles. The second kappa shape index (κ2) is 5.27. The SMILES string of the molecule is CCC(C)(C)C1CCC2OCC(C)CNC2C1. The van der Waals surface area contributed by atoms with Crippen LogP contribution in [0.25, 0.3) is 0 Å². The van der Waals surface area contributed by atoms with Gasteiger partial charge in [-0.1, -0.05) is 34.1 Å². The molecule has 2 heteroatoms. The molecule has 4 unspecified atom stereocenters. The molecule has 0 spiro atoms. The van der Waals surface area contributed by atoms with Crippen molar-refractivity contribution in [3.63, 3.8) is 0 Å². The van der Waals surface area contributed by atoms with Crippen LogP contribution in [0.2, 0.25) is 0 Å². The van der Waals surface area contributed by atoms with Crippen LogP contribution in [0.4, 0.5) is 0 Å². The summed E-state index contributed by atoms with van der Waals surface area (Å²) >= 11 is 0. The molecule has 0 aromatic carbocycles. The lowest BCUT2D eigenvalue weighted by atomic mass is 9.68. The minimum atomic E-state index is 0.476. The van der Waals surface area contributed by atoms with Gasteiger partial charge in [-0.05, 0) is 36.5 Å². The van der Waals surface area contributed by atoms with E-state index in [4.69, 9.17) is 4.74 Å². The second-order valence-electron chi connectivity index (χ2n) is 6.84. The van der Waals surface area contributed by atoms with Gasteiger partial charge in [0.05, 0.1) is 12.7 Å². The Bertz CT molecular complexity index is 251. The summed E-state index contributed by atoms with van der Waals surface area (Å²) in [5.74, 6) is 1.52. The Balaban J connectivity index is 1.98. The Kier molecular flexibility index (Phi) is 4.14. The fraction of sp³-hybridized carbons (Fsp3) is 1.00. The van der Waals surface area contributed by atoms with Crippen LogP contribution in [0.1, 0.15) is 53.4 Å². The van der Waals surface area contributed by atoms with Crippen LogP contribution in [0, 0.1) is 17.3 Å². The van der Waals surface area contributed by atoms with Crippen LogP contribution in [0.5, 0.6) is 0 Å². The third kappa shape index (κ3) is 3.03. The Hall–Kier alpha value is -0.0800. The molecule has 1 heterocycles. The van der Waals surface area contributed by atoms with Gasteiger partial charge in [0.2, 0.25) is 0 Å². The predicted octanol–water partition coefficient (Wildman–Crippen LogP) is 3.22. The predicted molar refractivity (Wildman–Crippen MR) is 72.1 cm³/mol. The van der Waals surface area contributed by atoms with Crippen LogP contribution in [0.15, 0.2) is 0 Å². The first kappa shape index (κ1) is 13.4. The number of hydrogen-bond acceptors (Lipinski definition) is 2. The maximum absolute atomic E-state index is 6.05. The highest BCUT2D eigenvalue weighted by atomic mass is 16.5. The van der Waals surface area contributed by atoms with Crippen LogP contribution in [-0.2, 0) is 4.74 Å². The van der Waals surface area contributed by atoms with Crippen molar-refractivity contribution in [1.82, 2.24) is 5.32 Å². The van der Waals surface area contributed by atoms with E-state index < -0.39 is 0 Å². The van der Waals surface area contributed by atoms with Crippen molar-refractivity contribution < 1.29 is 4.74 Å². The highest BCUT2D eigenvalue weighted by Gasteiger charge is 2.38. The summed E-state index contributed by atoms with van der Waals surface area (Å²) in [6.07, 6.45) is 5.66. The molecule has 2 nitrogen and oxygen atoms in total. The Labute approximate surface area is 107 Å². The lowest BCUT2D eigenvalue weighted by molar-refractivity contribution is -0.0154. The van der Waals surface area contributed by atoms with E-state index >= 15 is 0 Å². The number of ether oxygens (including phenoxy) is 1. The van der Waals surface area contributed by atoms with E-state index in [-0.39, 0.29) is 0 Å². The average Bonchev–Trinajstić information content (AvgIpc) is 2.51. The van der Waals surface area contributed by atoms with Crippen molar-refractivity contribution in [2.45, 2.75) is 65.5 Å². The molecule has 4 atom stereocenters. The van der Waals surface area contributed by atoms with E-state index in [0.29, 0.717) is 23.5 Å². The van der Waals surface area contributed by atoms with Gasteiger partial charge >= 0.3 is 0 Å². The molecule has 1 N–H and O–H groups in total. The molecule has 0 amide bonds. The van der Waals surface area contributed by atoms with E-state index in [2.05, 4.69) is 33.0 Å². The van der Waals surface area contributed by atoms with Gasteiger partial charge in [-0.15, -0.1) is 0 Å². The zero-order valence-corrected chi connectivity index (χ0v) is 12.0. The fourth-order valence-electron chi connectivity index (χ4n) is 3.25. The second-order valence-corrected chi connectivity index (χ2v) is 6.84. The van der Waals surface area contributed by atoms with Gasteiger partial charge in [0.25, 0.3) is 0 Å². The third-order valence-electron chi connectivity index (χ3n) is 5.13. The normalized spacial score (nSPS) is 39.5. The number of hydrogen-bond donors (Lipinski definition) is 1. The van der Waals surface area contributed by atoms with Gasteiger partial charge in [-0.25, -0.2) is 0 Å². The summed E-state index contributed by atoms with van der Waals surface area (Å²) in [6, 6.07) is 0.601. The van der Waals surface area contributed by atoms with E-state index in [9.17, 15) is 0 Å². The Morgan fingerprint density at radius 1 is 1.29 bits per heavy atom. The lowest BCUT2D eigenvalue weighted by Gasteiger charge is -2.42. The van der Waals surface area contributed by atoms with Gasteiger partial charge in [0, 0.05) is 12.6 Å². The highest BCUT2D eigenvalue weighted by molar-refractivity contribution is 4.92. The van der Waals surface area contributed by atoms with E-state index in [1.54, 1.807) is 0 Å². The molecule has 0 bridgehead atoms. The summed E-state index contributed by atoms with van der Waals surface area (Å²) in [5.41, 5.74) is 0.491. The summed E-state index contributed by atoms with van der Waals surface area (Å²) < 4.78 is 6.05. The number of nitrogens with one attached hydrogen (secondary N) is 1. The molecule has 1 saturated heterocycles. The van der Waals surface area contributed by atoms with Gasteiger partial charge in [-0.3, -0.25) is 0 Å². The van der Waals surface area contributed by atoms with Crippen molar-refractivity contribution in [1.29, 1.82) is 0 Å². The van der Waals surface area contributed by atoms with Crippen molar-refractivity contribution >= 4 is 0 Å². The van der Waals surface area contributed by atoms with Crippen LogP contribution in [-0.4, -0.2) is 25.3 Å². The molecule has 2 fully saturated rings. The van der Waals surface area contributed by atoms with Gasteiger partial charge < -0.3 is 10.1 Å². The zero-order valence-electron chi connectivity index (χ0n) is 12.0. The maximum atomic E-state index is 6.05. The van der Waals surface area contributed by atoms with Crippen molar-refractivity contribution in [3.05, 3.63) is 0 Å². The summed E-state index contributed by atoms with van der Waals surface area (Å²) in [7, 11) is 0. The summed E-state index contributed by atoms with van der Waals surface area (Å²) in [5, 5.41) is 3.73. The first-order valence-corrected chi connectivity index (χ1v) is 7.38. The molecule has 1 aliphatic carbocycles. The smallest absolute Gasteiger partial charge is 0.0728 e. The molecule has 0 radical (unpaired) electrons. The minimum absolute atomic E-state index is 0.476. The monoisotopic (exact) mass is 239 g/mol. The van der Waals surface area contributed by atoms with Crippen molar-refractivity contribution in [3.8, 4) is 0 Å². The van der Waals surface area contributed by atoms with Crippen LogP contribution >= 0.6 is 0 Å². The average molecular weight is 239 g/mol.